The predicted octanol–water partition coefficient (Wildman–Crippen LogP) is 3.90. The molecule has 0 bridgehead atoms. The molecule has 1 aromatic heterocycles. The number of thiazole rings is 1. The summed E-state index contributed by atoms with van der Waals surface area (Å²) in [5, 5.41) is 1.67. The van der Waals surface area contributed by atoms with E-state index in [-0.39, 0.29) is 5.78 Å². The van der Waals surface area contributed by atoms with Crippen LogP contribution in [0.25, 0.3) is 0 Å². The molecule has 0 unspecified atom stereocenters. The van der Waals surface area contributed by atoms with Crippen LogP contribution in [0, 0.1) is 6.92 Å². The standard InChI is InChI=1S/C13H12ClNOS/c1-8-13(9(2)16)17-12(15-8)7-10-5-3-4-6-11(10)14/h3-6H,7H2,1-2H3. The topological polar surface area (TPSA) is 30.0 Å². The van der Waals surface area contributed by atoms with Gasteiger partial charge in [0, 0.05) is 18.4 Å². The molecule has 2 nitrogen and oxygen atoms in total. The number of rotatable bonds is 3. The van der Waals surface area contributed by atoms with Crippen molar-refractivity contribution >= 4 is 28.7 Å². The lowest BCUT2D eigenvalue weighted by Gasteiger charge is -2.00. The molecule has 4 heteroatoms. The van der Waals surface area contributed by atoms with E-state index < -0.39 is 0 Å². The molecule has 0 aliphatic carbocycles. The summed E-state index contributed by atoms with van der Waals surface area (Å²) in [5.41, 5.74) is 1.85. The highest BCUT2D eigenvalue weighted by Crippen LogP contribution is 2.24. The third-order valence-electron chi connectivity index (χ3n) is 2.46. The number of hydrogen-bond acceptors (Lipinski definition) is 3. The maximum Gasteiger partial charge on any atom is 0.171 e. The second kappa shape index (κ2) is 4.98. The van der Waals surface area contributed by atoms with E-state index in [2.05, 4.69) is 4.98 Å². The van der Waals surface area contributed by atoms with Crippen molar-refractivity contribution in [2.24, 2.45) is 0 Å². The molecule has 0 atom stereocenters. The first kappa shape index (κ1) is 12.3. The molecule has 0 fully saturated rings. The molecule has 88 valence electrons. The molecule has 2 aromatic rings. The molecule has 1 heterocycles. The van der Waals surface area contributed by atoms with E-state index in [1.807, 2.05) is 31.2 Å². The molecule has 0 aliphatic heterocycles. The molecule has 0 aliphatic rings. The van der Waals surface area contributed by atoms with Crippen LogP contribution in [-0.2, 0) is 6.42 Å². The molecule has 0 spiro atoms. The number of benzene rings is 1. The van der Waals surface area contributed by atoms with Crippen molar-refractivity contribution in [3.05, 3.63) is 50.4 Å². The lowest BCUT2D eigenvalue weighted by atomic mass is 10.1. The van der Waals surface area contributed by atoms with Gasteiger partial charge in [0.05, 0.1) is 15.6 Å². The lowest BCUT2D eigenvalue weighted by molar-refractivity contribution is 0.102. The Labute approximate surface area is 109 Å². The zero-order chi connectivity index (χ0) is 12.4. The van der Waals surface area contributed by atoms with Gasteiger partial charge in [0.15, 0.2) is 5.78 Å². The first-order chi connectivity index (χ1) is 8.08. The summed E-state index contributed by atoms with van der Waals surface area (Å²) in [4.78, 5) is 16.5. The van der Waals surface area contributed by atoms with Gasteiger partial charge < -0.3 is 0 Å². The number of halogens is 1. The summed E-state index contributed by atoms with van der Waals surface area (Å²) >= 11 is 7.55. The van der Waals surface area contributed by atoms with Crippen LogP contribution in [0.1, 0.15) is 32.9 Å². The van der Waals surface area contributed by atoms with Gasteiger partial charge in [0.1, 0.15) is 0 Å². The van der Waals surface area contributed by atoms with Gasteiger partial charge in [-0.15, -0.1) is 11.3 Å². The van der Waals surface area contributed by atoms with E-state index in [1.165, 1.54) is 11.3 Å². The van der Waals surface area contributed by atoms with E-state index >= 15 is 0 Å². The fraction of sp³-hybridized carbons (Fsp3) is 0.231. The molecule has 17 heavy (non-hydrogen) atoms. The molecule has 0 saturated heterocycles. The quantitative estimate of drug-likeness (QED) is 0.788. The van der Waals surface area contributed by atoms with Crippen molar-refractivity contribution in [2.45, 2.75) is 20.3 Å². The molecule has 0 N–H and O–H groups in total. The van der Waals surface area contributed by atoms with Crippen LogP contribution in [0.5, 0.6) is 0 Å². The Hall–Kier alpha value is -1.19. The van der Waals surface area contributed by atoms with E-state index in [4.69, 9.17) is 11.6 Å². The Bertz CT molecular complexity index is 562. The molecule has 0 amide bonds. The fourth-order valence-electron chi connectivity index (χ4n) is 1.66. The second-order valence-electron chi connectivity index (χ2n) is 3.85. The average molecular weight is 266 g/mol. The third kappa shape index (κ3) is 2.73. The smallest absolute Gasteiger partial charge is 0.171 e. The highest BCUT2D eigenvalue weighted by Gasteiger charge is 2.12. The Balaban J connectivity index is 2.28. The third-order valence-corrected chi connectivity index (χ3v) is 4.09. The van der Waals surface area contributed by atoms with Crippen molar-refractivity contribution in [1.29, 1.82) is 0 Å². The van der Waals surface area contributed by atoms with Crippen LogP contribution in [0.2, 0.25) is 5.02 Å². The molecule has 2 rings (SSSR count). The van der Waals surface area contributed by atoms with Crippen molar-refractivity contribution < 1.29 is 4.79 Å². The summed E-state index contributed by atoms with van der Waals surface area (Å²) in [6, 6.07) is 7.70. The fourth-order valence-corrected chi connectivity index (χ4v) is 2.84. The van der Waals surface area contributed by atoms with E-state index in [0.717, 1.165) is 26.2 Å². The van der Waals surface area contributed by atoms with Crippen LogP contribution < -0.4 is 0 Å². The molecular formula is C13H12ClNOS. The Kier molecular flexibility index (Phi) is 3.60. The van der Waals surface area contributed by atoms with Crippen molar-refractivity contribution in [1.82, 2.24) is 4.98 Å². The van der Waals surface area contributed by atoms with E-state index in [9.17, 15) is 4.79 Å². The number of hydrogen-bond donors (Lipinski definition) is 0. The number of ketones is 1. The first-order valence-electron chi connectivity index (χ1n) is 5.28. The zero-order valence-electron chi connectivity index (χ0n) is 9.66. The Morgan fingerprint density at radius 3 is 2.71 bits per heavy atom. The van der Waals surface area contributed by atoms with Gasteiger partial charge in [0.2, 0.25) is 0 Å². The SMILES string of the molecule is CC(=O)c1sc(Cc2ccccc2Cl)nc1C. The number of aryl methyl sites for hydroxylation is 1. The van der Waals surface area contributed by atoms with Crippen molar-refractivity contribution in [3.63, 3.8) is 0 Å². The number of nitrogens with zero attached hydrogens (tertiary/aromatic N) is 1. The van der Waals surface area contributed by atoms with Gasteiger partial charge >= 0.3 is 0 Å². The molecule has 0 saturated carbocycles. The summed E-state index contributed by atoms with van der Waals surface area (Å²) in [5.74, 6) is 0.0745. The van der Waals surface area contributed by atoms with Gasteiger partial charge in [-0.05, 0) is 18.6 Å². The number of carbonyl (C=O) groups is 1. The highest BCUT2D eigenvalue weighted by molar-refractivity contribution is 7.13. The largest absolute Gasteiger partial charge is 0.294 e. The van der Waals surface area contributed by atoms with Crippen molar-refractivity contribution in [2.75, 3.05) is 0 Å². The minimum absolute atomic E-state index is 0.0745. The van der Waals surface area contributed by atoms with Crippen LogP contribution in [0.3, 0.4) is 0 Å². The van der Waals surface area contributed by atoms with Gasteiger partial charge in [0.25, 0.3) is 0 Å². The predicted molar refractivity (Wildman–Crippen MR) is 71.1 cm³/mol. The monoisotopic (exact) mass is 265 g/mol. The maximum absolute atomic E-state index is 11.3. The summed E-state index contributed by atoms with van der Waals surface area (Å²) in [6.07, 6.45) is 0.679. The average Bonchev–Trinajstić information content (AvgIpc) is 2.63. The Morgan fingerprint density at radius 2 is 2.12 bits per heavy atom. The zero-order valence-corrected chi connectivity index (χ0v) is 11.2. The van der Waals surface area contributed by atoms with Gasteiger partial charge in [-0.25, -0.2) is 4.98 Å². The number of Topliss-reactive ketones (excluding diaryl/α,β-unsaturated/α-hetero) is 1. The summed E-state index contributed by atoms with van der Waals surface area (Å²) in [7, 11) is 0. The maximum atomic E-state index is 11.3. The molecular weight excluding hydrogens is 254 g/mol. The lowest BCUT2D eigenvalue weighted by Crippen LogP contribution is -1.89. The van der Waals surface area contributed by atoms with Crippen LogP contribution >= 0.6 is 22.9 Å². The normalized spacial score (nSPS) is 10.5. The summed E-state index contributed by atoms with van der Waals surface area (Å²) in [6.45, 7) is 3.43. The highest BCUT2D eigenvalue weighted by atomic mass is 35.5. The number of aromatic nitrogens is 1. The first-order valence-corrected chi connectivity index (χ1v) is 6.48. The second-order valence-corrected chi connectivity index (χ2v) is 5.34. The van der Waals surface area contributed by atoms with Crippen LogP contribution in [-0.4, -0.2) is 10.8 Å². The molecule has 0 radical (unpaired) electrons. The minimum atomic E-state index is 0.0745. The minimum Gasteiger partial charge on any atom is -0.294 e. The van der Waals surface area contributed by atoms with E-state index in [1.54, 1.807) is 6.92 Å². The van der Waals surface area contributed by atoms with Gasteiger partial charge in [-0.2, -0.15) is 0 Å². The van der Waals surface area contributed by atoms with Crippen molar-refractivity contribution in [3.8, 4) is 0 Å². The Morgan fingerprint density at radius 1 is 1.41 bits per heavy atom. The van der Waals surface area contributed by atoms with E-state index in [0.29, 0.717) is 6.42 Å². The van der Waals surface area contributed by atoms with Crippen LogP contribution in [0.15, 0.2) is 24.3 Å². The van der Waals surface area contributed by atoms with Crippen LogP contribution in [0.4, 0.5) is 0 Å². The molecule has 1 aromatic carbocycles. The summed E-state index contributed by atoms with van der Waals surface area (Å²) < 4.78 is 0. The van der Waals surface area contributed by atoms with Gasteiger partial charge in [-0.3, -0.25) is 4.79 Å². The van der Waals surface area contributed by atoms with Gasteiger partial charge in [-0.1, -0.05) is 29.8 Å². The number of carbonyl (C=O) groups excluding carboxylic acids is 1.